The molecular formula is C14H17FN2O2S. The first-order chi connectivity index (χ1) is 9.36. The molecule has 0 bridgehead atoms. The Labute approximate surface area is 118 Å². The maximum atomic E-state index is 13.7. The highest BCUT2D eigenvalue weighted by Crippen LogP contribution is 2.32. The molecule has 1 saturated carbocycles. The van der Waals surface area contributed by atoms with Gasteiger partial charge in [-0.3, -0.25) is 0 Å². The monoisotopic (exact) mass is 296 g/mol. The Morgan fingerprint density at radius 2 is 2.15 bits per heavy atom. The van der Waals surface area contributed by atoms with Gasteiger partial charge in [0.1, 0.15) is 5.82 Å². The minimum atomic E-state index is -3.81. The molecule has 4 nitrogen and oxygen atoms in total. The fourth-order valence-electron chi connectivity index (χ4n) is 1.91. The lowest BCUT2D eigenvalue weighted by Gasteiger charge is -2.20. The summed E-state index contributed by atoms with van der Waals surface area (Å²) in [6.07, 6.45) is 7.23. The summed E-state index contributed by atoms with van der Waals surface area (Å²) in [5.74, 6) is 2.06. The molecule has 6 heteroatoms. The van der Waals surface area contributed by atoms with Crippen LogP contribution in [0.2, 0.25) is 0 Å². The van der Waals surface area contributed by atoms with E-state index in [0.717, 1.165) is 18.9 Å². The molecule has 108 valence electrons. The second-order valence-electron chi connectivity index (χ2n) is 5.06. The molecular weight excluding hydrogens is 279 g/mol. The largest absolute Gasteiger partial charge is 0.398 e. The fraction of sp³-hybridized carbons (Fsp3) is 0.429. The number of hydrogen-bond donors (Lipinski definition) is 1. The Balaban J connectivity index is 2.39. The summed E-state index contributed by atoms with van der Waals surface area (Å²) in [5, 5.41) is 0. The topological polar surface area (TPSA) is 63.4 Å². The average Bonchev–Trinajstić information content (AvgIpc) is 3.18. The third-order valence-corrected chi connectivity index (χ3v) is 5.21. The molecule has 1 aromatic carbocycles. The van der Waals surface area contributed by atoms with Crippen molar-refractivity contribution in [1.29, 1.82) is 0 Å². The molecule has 0 radical (unpaired) electrons. The van der Waals surface area contributed by atoms with Gasteiger partial charge in [-0.25, -0.2) is 12.8 Å². The van der Waals surface area contributed by atoms with Crippen LogP contribution >= 0.6 is 0 Å². The normalized spacial score (nSPS) is 15.3. The third kappa shape index (κ3) is 2.94. The van der Waals surface area contributed by atoms with Crippen molar-refractivity contribution in [3.63, 3.8) is 0 Å². The van der Waals surface area contributed by atoms with Gasteiger partial charge in [0.15, 0.2) is 0 Å². The van der Waals surface area contributed by atoms with Gasteiger partial charge in [0.25, 0.3) is 0 Å². The number of benzene rings is 1. The van der Waals surface area contributed by atoms with Crippen LogP contribution in [0.3, 0.4) is 0 Å². The van der Waals surface area contributed by atoms with Crippen molar-refractivity contribution in [2.45, 2.75) is 24.7 Å². The lowest BCUT2D eigenvalue weighted by Crippen LogP contribution is -2.33. The van der Waals surface area contributed by atoms with E-state index >= 15 is 0 Å². The van der Waals surface area contributed by atoms with Gasteiger partial charge in [-0.05, 0) is 37.8 Å². The van der Waals surface area contributed by atoms with E-state index in [1.807, 2.05) is 0 Å². The summed E-state index contributed by atoms with van der Waals surface area (Å²) in [5.41, 5.74) is 6.01. The lowest BCUT2D eigenvalue weighted by molar-refractivity contribution is 0.429. The molecule has 20 heavy (non-hydrogen) atoms. The average molecular weight is 296 g/mol. The minimum absolute atomic E-state index is 0.0196. The van der Waals surface area contributed by atoms with Crippen LogP contribution in [0.5, 0.6) is 0 Å². The Bertz CT molecular complexity index is 637. The second kappa shape index (κ2) is 5.43. The molecule has 0 spiro atoms. The summed E-state index contributed by atoms with van der Waals surface area (Å²) in [6.45, 7) is 1.86. The Kier molecular flexibility index (Phi) is 4.02. The van der Waals surface area contributed by atoms with Crippen molar-refractivity contribution in [3.8, 4) is 12.3 Å². The van der Waals surface area contributed by atoms with Gasteiger partial charge >= 0.3 is 0 Å². The van der Waals surface area contributed by atoms with Crippen LogP contribution in [0.15, 0.2) is 17.0 Å². The van der Waals surface area contributed by atoms with Gasteiger partial charge < -0.3 is 5.73 Å². The summed E-state index contributed by atoms with van der Waals surface area (Å²) < 4.78 is 39.9. The minimum Gasteiger partial charge on any atom is -0.398 e. The number of sulfonamides is 1. The van der Waals surface area contributed by atoms with Crippen molar-refractivity contribution in [3.05, 3.63) is 23.5 Å². The molecule has 0 saturated heterocycles. The van der Waals surface area contributed by atoms with E-state index < -0.39 is 15.8 Å². The van der Waals surface area contributed by atoms with Crippen molar-refractivity contribution in [2.75, 3.05) is 18.8 Å². The molecule has 0 aromatic heterocycles. The van der Waals surface area contributed by atoms with Crippen molar-refractivity contribution in [2.24, 2.45) is 5.92 Å². The quantitative estimate of drug-likeness (QED) is 0.665. The molecule has 0 heterocycles. The molecule has 1 fully saturated rings. The van der Waals surface area contributed by atoms with Crippen LogP contribution < -0.4 is 5.73 Å². The standard InChI is InChI=1S/C14H17FN2O2S/c1-3-6-17(9-11-4-5-11)20(18,19)12-7-13(15)10(2)14(16)8-12/h1,7-8,11H,4-6,9,16H2,2H3. The second-order valence-corrected chi connectivity index (χ2v) is 7.00. The molecule has 1 aromatic rings. The number of nitrogens with zero attached hydrogens (tertiary/aromatic N) is 1. The number of terminal acetylenes is 1. The van der Waals surface area contributed by atoms with Gasteiger partial charge in [0, 0.05) is 17.8 Å². The molecule has 0 aliphatic heterocycles. The van der Waals surface area contributed by atoms with Gasteiger partial charge in [0.05, 0.1) is 11.4 Å². The van der Waals surface area contributed by atoms with Crippen LogP contribution in [0, 0.1) is 31.0 Å². The number of nitrogen functional groups attached to an aromatic ring is 1. The van der Waals surface area contributed by atoms with Crippen LogP contribution in [0.4, 0.5) is 10.1 Å². The Hall–Kier alpha value is -1.58. The highest BCUT2D eigenvalue weighted by atomic mass is 32.2. The number of halogens is 1. The zero-order chi connectivity index (χ0) is 14.9. The lowest BCUT2D eigenvalue weighted by atomic mass is 10.2. The molecule has 1 aliphatic rings. The van der Waals surface area contributed by atoms with Gasteiger partial charge in [-0.2, -0.15) is 4.31 Å². The smallest absolute Gasteiger partial charge is 0.244 e. The highest BCUT2D eigenvalue weighted by molar-refractivity contribution is 7.89. The van der Waals surface area contributed by atoms with E-state index in [-0.39, 0.29) is 22.7 Å². The molecule has 0 unspecified atom stereocenters. The van der Waals surface area contributed by atoms with Gasteiger partial charge in [-0.1, -0.05) is 5.92 Å². The highest BCUT2D eigenvalue weighted by Gasteiger charge is 2.31. The van der Waals surface area contributed by atoms with E-state index in [1.54, 1.807) is 0 Å². The van der Waals surface area contributed by atoms with Crippen molar-refractivity contribution < 1.29 is 12.8 Å². The van der Waals surface area contributed by atoms with Gasteiger partial charge in [-0.15, -0.1) is 6.42 Å². The van der Waals surface area contributed by atoms with E-state index in [9.17, 15) is 12.8 Å². The Morgan fingerprint density at radius 3 is 2.65 bits per heavy atom. The molecule has 1 aliphatic carbocycles. The predicted octanol–water partition coefficient (Wildman–Crippen LogP) is 1.75. The number of anilines is 1. The fourth-order valence-corrected chi connectivity index (χ4v) is 3.39. The summed E-state index contributed by atoms with van der Waals surface area (Å²) in [7, 11) is -3.81. The van der Waals surface area contributed by atoms with E-state index in [2.05, 4.69) is 5.92 Å². The molecule has 2 N–H and O–H groups in total. The predicted molar refractivity (Wildman–Crippen MR) is 75.9 cm³/mol. The van der Waals surface area contributed by atoms with Crippen molar-refractivity contribution in [1.82, 2.24) is 4.31 Å². The maximum absolute atomic E-state index is 13.7. The van der Waals surface area contributed by atoms with E-state index in [4.69, 9.17) is 12.2 Å². The van der Waals surface area contributed by atoms with Crippen LogP contribution in [0.25, 0.3) is 0 Å². The molecule has 0 atom stereocenters. The molecule has 0 amide bonds. The zero-order valence-corrected chi connectivity index (χ0v) is 12.1. The van der Waals surface area contributed by atoms with Crippen LogP contribution in [-0.4, -0.2) is 25.8 Å². The van der Waals surface area contributed by atoms with E-state index in [0.29, 0.717) is 12.5 Å². The first-order valence-corrected chi connectivity index (χ1v) is 7.79. The van der Waals surface area contributed by atoms with Crippen LogP contribution in [-0.2, 0) is 10.0 Å². The number of hydrogen-bond acceptors (Lipinski definition) is 3. The summed E-state index contributed by atoms with van der Waals surface area (Å²) in [6, 6.07) is 2.28. The summed E-state index contributed by atoms with van der Waals surface area (Å²) in [4.78, 5) is -0.144. The first-order valence-electron chi connectivity index (χ1n) is 6.35. The summed E-state index contributed by atoms with van der Waals surface area (Å²) >= 11 is 0. The Morgan fingerprint density at radius 1 is 1.50 bits per heavy atom. The zero-order valence-electron chi connectivity index (χ0n) is 11.3. The number of rotatable bonds is 5. The molecule has 2 rings (SSSR count). The van der Waals surface area contributed by atoms with E-state index in [1.165, 1.54) is 17.3 Å². The first kappa shape index (κ1) is 14.8. The van der Waals surface area contributed by atoms with Crippen LogP contribution in [0.1, 0.15) is 18.4 Å². The van der Waals surface area contributed by atoms with Crippen molar-refractivity contribution >= 4 is 15.7 Å². The van der Waals surface area contributed by atoms with Gasteiger partial charge in [0.2, 0.25) is 10.0 Å². The maximum Gasteiger partial charge on any atom is 0.244 e. The third-order valence-electron chi connectivity index (χ3n) is 3.42. The number of nitrogens with two attached hydrogens (primary N) is 1. The SMILES string of the molecule is C#CCN(CC1CC1)S(=O)(=O)c1cc(N)c(C)c(F)c1.